The Morgan fingerprint density at radius 2 is 1.40 bits per heavy atom. The topological polar surface area (TPSA) is 202 Å². The van der Waals surface area contributed by atoms with Crippen LogP contribution in [0.2, 0.25) is 0 Å². The minimum absolute atomic E-state index is 0.118. The van der Waals surface area contributed by atoms with Gasteiger partial charge in [-0.2, -0.15) is 4.57 Å². The molecule has 0 bridgehead atoms. The highest BCUT2D eigenvalue weighted by atomic mass is 16.7. The smallest absolute Gasteiger partial charge is 0.340 e. The number of aromatic nitrogens is 2. The Balaban J connectivity index is 2.36. The predicted molar refractivity (Wildman–Crippen MR) is 140 cm³/mol. The molecule has 0 aliphatic carbocycles. The molecular weight excluding hydrogens is 576 g/mol. The highest BCUT2D eigenvalue weighted by molar-refractivity contribution is 6.01. The first-order valence-electron chi connectivity index (χ1n) is 12.6. The van der Waals surface area contributed by atoms with Gasteiger partial charge in [-0.15, -0.1) is 0 Å². The van der Waals surface area contributed by atoms with Gasteiger partial charge in [-0.1, -0.05) is 18.2 Å². The molecule has 1 aromatic heterocycles. The molecule has 0 saturated carbocycles. The van der Waals surface area contributed by atoms with Gasteiger partial charge in [0.05, 0.1) is 19.8 Å². The maximum absolute atomic E-state index is 13.8. The first-order valence-corrected chi connectivity index (χ1v) is 12.6. The average molecular weight is 605 g/mol. The van der Waals surface area contributed by atoms with E-state index in [1.165, 1.54) is 24.3 Å². The molecule has 4 atom stereocenters. The van der Waals surface area contributed by atoms with E-state index in [1.54, 1.807) is 6.07 Å². The van der Waals surface area contributed by atoms with Crippen LogP contribution in [0.25, 0.3) is 0 Å². The SMILES string of the molecule is COC(=O)C(C(=O)OC)c1cn([C@@H]2O[C@H](COC(C)=O)C(OC(C)=O)C2OC(C)=O)c(=O)n(C(=O)c2ccccc2)c1=O. The van der Waals surface area contributed by atoms with E-state index >= 15 is 0 Å². The summed E-state index contributed by atoms with van der Waals surface area (Å²) in [6.45, 7) is 2.62. The summed E-state index contributed by atoms with van der Waals surface area (Å²) in [5.74, 6) is -8.24. The van der Waals surface area contributed by atoms with E-state index in [0.717, 1.165) is 41.2 Å². The highest BCUT2D eigenvalue weighted by Gasteiger charge is 2.51. The molecular formula is C27H28N2O14. The van der Waals surface area contributed by atoms with Crippen LogP contribution >= 0.6 is 0 Å². The van der Waals surface area contributed by atoms with Crippen LogP contribution in [-0.4, -0.2) is 84.0 Å². The second-order valence-electron chi connectivity index (χ2n) is 9.08. The van der Waals surface area contributed by atoms with Crippen LogP contribution in [0.15, 0.2) is 46.1 Å². The number of esters is 5. The molecule has 1 aromatic carbocycles. The number of carbonyl (C=O) groups is 6. The zero-order valence-electron chi connectivity index (χ0n) is 23.7. The third-order valence-corrected chi connectivity index (χ3v) is 6.16. The zero-order chi connectivity index (χ0) is 32.0. The molecule has 0 amide bonds. The van der Waals surface area contributed by atoms with E-state index in [4.69, 9.17) is 18.9 Å². The standard InChI is InChI=1S/C27H28N2O14/c1-13(30)40-12-18-20(41-14(2)31)21(42-15(3)32)24(43-18)28-11-17(19(25(35)38-4)26(36)39-5)23(34)29(27(28)37)22(33)16-9-7-6-8-10-16/h6-11,18-21,24H,12H2,1-5H3/t18-,20?,21?,24-/m1/s1. The van der Waals surface area contributed by atoms with Gasteiger partial charge < -0.3 is 28.4 Å². The maximum Gasteiger partial charge on any atom is 0.340 e. The molecule has 16 nitrogen and oxygen atoms in total. The number of carbonyl (C=O) groups excluding carboxylic acids is 6. The third kappa shape index (κ3) is 7.03. The van der Waals surface area contributed by atoms with Crippen molar-refractivity contribution in [2.75, 3.05) is 20.8 Å². The Kier molecular flexibility index (Phi) is 10.3. The normalized spacial score (nSPS) is 19.3. The van der Waals surface area contributed by atoms with Crippen molar-refractivity contribution in [2.45, 2.75) is 51.2 Å². The number of benzene rings is 1. The number of nitrogens with zero attached hydrogens (tertiary/aromatic N) is 2. The van der Waals surface area contributed by atoms with Crippen LogP contribution in [0.5, 0.6) is 0 Å². The second kappa shape index (κ2) is 13.7. The number of hydrogen-bond donors (Lipinski definition) is 0. The van der Waals surface area contributed by atoms with Crippen LogP contribution in [0.3, 0.4) is 0 Å². The van der Waals surface area contributed by atoms with E-state index in [1.807, 2.05) is 0 Å². The molecule has 16 heteroatoms. The summed E-state index contributed by atoms with van der Waals surface area (Å²) in [7, 11) is 1.87. The summed E-state index contributed by atoms with van der Waals surface area (Å²) in [5.41, 5.74) is -3.55. The highest BCUT2D eigenvalue weighted by Crippen LogP contribution is 2.34. The van der Waals surface area contributed by atoms with Crippen LogP contribution in [0.4, 0.5) is 0 Å². The summed E-state index contributed by atoms with van der Waals surface area (Å²) in [6, 6.07) is 7.12. The van der Waals surface area contributed by atoms with E-state index in [-0.39, 0.29) is 10.1 Å². The van der Waals surface area contributed by atoms with Gasteiger partial charge in [0.25, 0.3) is 11.5 Å². The lowest BCUT2D eigenvalue weighted by Gasteiger charge is -2.25. The third-order valence-electron chi connectivity index (χ3n) is 6.16. The molecule has 0 radical (unpaired) electrons. The van der Waals surface area contributed by atoms with Crippen molar-refractivity contribution < 1.29 is 57.2 Å². The molecule has 3 rings (SSSR count). The number of hydrogen-bond acceptors (Lipinski definition) is 14. The molecule has 1 fully saturated rings. The van der Waals surface area contributed by atoms with Gasteiger partial charge in [0.1, 0.15) is 12.7 Å². The van der Waals surface area contributed by atoms with Crippen molar-refractivity contribution in [1.82, 2.24) is 9.13 Å². The van der Waals surface area contributed by atoms with Crippen LogP contribution in [0, 0.1) is 0 Å². The fourth-order valence-corrected chi connectivity index (χ4v) is 4.36. The summed E-state index contributed by atoms with van der Waals surface area (Å²) < 4.78 is 31.6. The summed E-state index contributed by atoms with van der Waals surface area (Å²) in [5, 5.41) is 0. The molecule has 43 heavy (non-hydrogen) atoms. The van der Waals surface area contributed by atoms with Crippen molar-refractivity contribution >= 4 is 35.8 Å². The van der Waals surface area contributed by atoms with Crippen molar-refractivity contribution in [3.8, 4) is 0 Å². The summed E-state index contributed by atoms with van der Waals surface area (Å²) in [4.78, 5) is 102. The molecule has 2 unspecified atom stereocenters. The van der Waals surface area contributed by atoms with Crippen LogP contribution in [-0.2, 0) is 52.4 Å². The summed E-state index contributed by atoms with van der Waals surface area (Å²) in [6.07, 6.45) is -5.38. The molecule has 1 saturated heterocycles. The second-order valence-corrected chi connectivity index (χ2v) is 9.08. The van der Waals surface area contributed by atoms with Crippen LogP contribution < -0.4 is 11.2 Å². The number of methoxy groups -OCH3 is 2. The summed E-state index contributed by atoms with van der Waals surface area (Å²) >= 11 is 0. The fourth-order valence-electron chi connectivity index (χ4n) is 4.36. The lowest BCUT2D eigenvalue weighted by molar-refractivity contribution is -0.166. The van der Waals surface area contributed by atoms with Gasteiger partial charge in [0.2, 0.25) is 0 Å². The first-order chi connectivity index (χ1) is 20.3. The van der Waals surface area contributed by atoms with Crippen molar-refractivity contribution in [3.05, 3.63) is 68.5 Å². The lowest BCUT2D eigenvalue weighted by Crippen LogP contribution is -2.49. The van der Waals surface area contributed by atoms with E-state index in [0.29, 0.717) is 4.57 Å². The van der Waals surface area contributed by atoms with Gasteiger partial charge in [0.15, 0.2) is 24.4 Å². The van der Waals surface area contributed by atoms with Gasteiger partial charge in [0, 0.05) is 32.5 Å². The predicted octanol–water partition coefficient (Wildman–Crippen LogP) is -0.548. The molecule has 0 spiro atoms. The Hall–Kier alpha value is -5.12. The van der Waals surface area contributed by atoms with Gasteiger partial charge in [-0.3, -0.25) is 38.1 Å². The molecule has 1 aliphatic heterocycles. The van der Waals surface area contributed by atoms with Gasteiger partial charge in [-0.25, -0.2) is 4.79 Å². The average Bonchev–Trinajstić information content (AvgIpc) is 3.28. The van der Waals surface area contributed by atoms with Gasteiger partial charge in [-0.05, 0) is 12.1 Å². The molecule has 1 aliphatic rings. The molecule has 0 N–H and O–H groups in total. The minimum atomic E-state index is -2.07. The van der Waals surface area contributed by atoms with Gasteiger partial charge >= 0.3 is 35.5 Å². The Labute approximate surface area is 243 Å². The van der Waals surface area contributed by atoms with Crippen LogP contribution in [0.1, 0.15) is 48.8 Å². The minimum Gasteiger partial charge on any atom is -0.468 e. The zero-order valence-corrected chi connectivity index (χ0v) is 23.7. The van der Waals surface area contributed by atoms with E-state index < -0.39 is 89.6 Å². The largest absolute Gasteiger partial charge is 0.468 e. The van der Waals surface area contributed by atoms with E-state index in [9.17, 15) is 38.4 Å². The molecule has 230 valence electrons. The molecule has 2 aromatic rings. The number of rotatable bonds is 9. The lowest BCUT2D eigenvalue weighted by atomic mass is 10.0. The molecule has 2 heterocycles. The Morgan fingerprint density at radius 3 is 1.91 bits per heavy atom. The van der Waals surface area contributed by atoms with E-state index in [2.05, 4.69) is 9.47 Å². The first kappa shape index (κ1) is 32.4. The Bertz CT molecular complexity index is 1530. The van der Waals surface area contributed by atoms with Crippen molar-refractivity contribution in [2.24, 2.45) is 0 Å². The monoisotopic (exact) mass is 604 g/mol. The van der Waals surface area contributed by atoms with Crippen molar-refractivity contribution in [3.63, 3.8) is 0 Å². The maximum atomic E-state index is 13.8. The Morgan fingerprint density at radius 1 is 0.837 bits per heavy atom. The number of ether oxygens (including phenoxy) is 6. The fraction of sp³-hybridized carbons (Fsp3) is 0.407. The van der Waals surface area contributed by atoms with Crippen molar-refractivity contribution in [1.29, 1.82) is 0 Å². The quantitative estimate of drug-likeness (QED) is 0.200.